The summed E-state index contributed by atoms with van der Waals surface area (Å²) in [7, 11) is 0. The molecule has 0 N–H and O–H groups in total. The Morgan fingerprint density at radius 1 is 0.677 bits per heavy atom. The minimum absolute atomic E-state index is 0.155. The number of nitrogens with zero attached hydrogens (tertiary/aromatic N) is 4. The van der Waals surface area contributed by atoms with Crippen molar-refractivity contribution < 1.29 is 0 Å². The molecule has 2 heterocycles. The van der Waals surface area contributed by atoms with Gasteiger partial charge in [0.2, 0.25) is 0 Å². The van der Waals surface area contributed by atoms with E-state index in [0.29, 0.717) is 0 Å². The monoisotopic (exact) mass is 416 g/mol. The van der Waals surface area contributed by atoms with Crippen LogP contribution >= 0.6 is 0 Å². The molecule has 0 saturated heterocycles. The molecule has 0 atom stereocenters. The Labute approximate surface area is 187 Å². The van der Waals surface area contributed by atoms with Crippen LogP contribution in [0.15, 0.2) is 42.6 Å². The third kappa shape index (κ3) is 5.96. The number of benzene rings is 1. The predicted octanol–water partition coefficient (Wildman–Crippen LogP) is 6.78. The number of aromatic nitrogens is 4. The summed E-state index contributed by atoms with van der Waals surface area (Å²) in [6.07, 6.45) is 2.92. The highest BCUT2D eigenvalue weighted by molar-refractivity contribution is 5.68. The molecular formula is C27H36N4. The highest BCUT2D eigenvalue weighted by Crippen LogP contribution is 2.29. The van der Waals surface area contributed by atoms with Gasteiger partial charge in [-0.1, -0.05) is 80.5 Å². The maximum atomic E-state index is 4.85. The summed E-state index contributed by atoms with van der Waals surface area (Å²) < 4.78 is 0. The van der Waals surface area contributed by atoms with Crippen molar-refractivity contribution >= 4 is 0 Å². The van der Waals surface area contributed by atoms with Gasteiger partial charge in [-0.25, -0.2) is 15.0 Å². The van der Waals surface area contributed by atoms with Crippen molar-refractivity contribution in [2.45, 2.75) is 79.6 Å². The lowest BCUT2D eigenvalue weighted by Gasteiger charge is -2.22. The van der Waals surface area contributed by atoms with Gasteiger partial charge in [0, 0.05) is 28.2 Å². The summed E-state index contributed by atoms with van der Waals surface area (Å²) in [6, 6.07) is 12.7. The van der Waals surface area contributed by atoms with E-state index in [9.17, 15) is 0 Å². The average Bonchev–Trinajstić information content (AvgIpc) is 2.65. The lowest BCUT2D eigenvalue weighted by Crippen LogP contribution is -2.24. The Morgan fingerprint density at radius 3 is 1.81 bits per heavy atom. The van der Waals surface area contributed by atoms with E-state index in [1.165, 1.54) is 5.56 Å². The van der Waals surface area contributed by atoms with Crippen LogP contribution in [0.5, 0.6) is 0 Å². The van der Waals surface area contributed by atoms with Gasteiger partial charge >= 0.3 is 0 Å². The largest absolute Gasteiger partial charge is 0.256 e. The SMILES string of the molecule is CC(C)(C)Cc1ccnc(-c2cccc(-c3nc(C(C)(C)C)nc(C(C)(C)C)n3)c2)c1. The van der Waals surface area contributed by atoms with Crippen LogP contribution in [0.1, 0.15) is 79.5 Å². The van der Waals surface area contributed by atoms with Gasteiger partial charge in [0.05, 0.1) is 5.69 Å². The summed E-state index contributed by atoms with van der Waals surface area (Å²) in [4.78, 5) is 19.1. The third-order valence-electron chi connectivity index (χ3n) is 4.95. The van der Waals surface area contributed by atoms with Crippen LogP contribution in [0.2, 0.25) is 0 Å². The van der Waals surface area contributed by atoms with Crippen molar-refractivity contribution in [2.75, 3.05) is 0 Å². The van der Waals surface area contributed by atoms with Gasteiger partial charge in [0.15, 0.2) is 5.82 Å². The van der Waals surface area contributed by atoms with Crippen molar-refractivity contribution in [3.8, 4) is 22.6 Å². The fourth-order valence-electron chi connectivity index (χ4n) is 3.35. The van der Waals surface area contributed by atoms with Crippen molar-refractivity contribution in [3.63, 3.8) is 0 Å². The van der Waals surface area contributed by atoms with Gasteiger partial charge < -0.3 is 0 Å². The van der Waals surface area contributed by atoms with E-state index in [-0.39, 0.29) is 16.2 Å². The Hall–Kier alpha value is -2.62. The summed E-state index contributed by atoms with van der Waals surface area (Å²) in [5.74, 6) is 2.36. The fourth-order valence-corrected chi connectivity index (χ4v) is 3.35. The highest BCUT2D eigenvalue weighted by atomic mass is 15.1. The molecule has 0 bridgehead atoms. The molecular weight excluding hydrogens is 380 g/mol. The highest BCUT2D eigenvalue weighted by Gasteiger charge is 2.25. The minimum atomic E-state index is -0.155. The molecule has 4 nitrogen and oxygen atoms in total. The quantitative estimate of drug-likeness (QED) is 0.472. The molecule has 164 valence electrons. The van der Waals surface area contributed by atoms with Crippen LogP contribution in [0, 0.1) is 5.41 Å². The Morgan fingerprint density at radius 2 is 1.26 bits per heavy atom. The molecule has 4 heteroatoms. The molecule has 0 spiro atoms. The third-order valence-corrected chi connectivity index (χ3v) is 4.95. The van der Waals surface area contributed by atoms with Gasteiger partial charge in [0.25, 0.3) is 0 Å². The zero-order valence-corrected chi connectivity index (χ0v) is 20.5. The van der Waals surface area contributed by atoms with Crippen LogP contribution in [0.25, 0.3) is 22.6 Å². The van der Waals surface area contributed by atoms with Crippen molar-refractivity contribution in [2.24, 2.45) is 5.41 Å². The molecule has 0 aliphatic heterocycles. The second-order valence-electron chi connectivity index (χ2n) is 11.7. The molecule has 1 aromatic carbocycles. The molecule has 0 fully saturated rings. The summed E-state index contributed by atoms with van der Waals surface area (Å²) in [5, 5.41) is 0. The summed E-state index contributed by atoms with van der Waals surface area (Å²) >= 11 is 0. The predicted molar refractivity (Wildman–Crippen MR) is 129 cm³/mol. The molecule has 3 rings (SSSR count). The van der Waals surface area contributed by atoms with E-state index in [2.05, 4.69) is 104 Å². The molecule has 3 aromatic rings. The Kier molecular flexibility index (Phi) is 6.05. The van der Waals surface area contributed by atoms with E-state index in [1.54, 1.807) is 0 Å². The van der Waals surface area contributed by atoms with Crippen molar-refractivity contribution in [1.29, 1.82) is 0 Å². The van der Waals surface area contributed by atoms with Gasteiger partial charge in [-0.15, -0.1) is 0 Å². The smallest absolute Gasteiger partial charge is 0.163 e. The first-order chi connectivity index (χ1) is 14.2. The number of pyridine rings is 1. The van der Waals surface area contributed by atoms with E-state index >= 15 is 0 Å². The molecule has 31 heavy (non-hydrogen) atoms. The zero-order valence-electron chi connectivity index (χ0n) is 20.5. The van der Waals surface area contributed by atoms with Crippen LogP contribution in [0.3, 0.4) is 0 Å². The standard InChI is InChI=1S/C27H36N4/c1-25(2,3)17-18-13-14-28-21(15-18)19-11-10-12-20(16-19)22-29-23(26(4,5)6)31-24(30-22)27(7,8)9/h10-16H,17H2,1-9H3. The molecule has 0 amide bonds. The molecule has 0 radical (unpaired) electrons. The first-order valence-corrected chi connectivity index (χ1v) is 11.1. The summed E-state index contributed by atoms with van der Waals surface area (Å²) in [5.41, 5.74) is 4.26. The molecule has 2 aromatic heterocycles. The first kappa shape index (κ1) is 23.1. The Balaban J connectivity index is 2.07. The van der Waals surface area contributed by atoms with Gasteiger partial charge in [-0.3, -0.25) is 4.98 Å². The fraction of sp³-hybridized carbons (Fsp3) is 0.481. The summed E-state index contributed by atoms with van der Waals surface area (Å²) in [6.45, 7) is 19.6. The van der Waals surface area contributed by atoms with E-state index < -0.39 is 0 Å². The van der Waals surface area contributed by atoms with Crippen LogP contribution in [0.4, 0.5) is 0 Å². The number of hydrogen-bond donors (Lipinski definition) is 0. The molecule has 0 aliphatic rings. The number of hydrogen-bond acceptors (Lipinski definition) is 4. The van der Waals surface area contributed by atoms with E-state index in [4.69, 9.17) is 15.0 Å². The van der Waals surface area contributed by atoms with Crippen LogP contribution in [-0.4, -0.2) is 19.9 Å². The lowest BCUT2D eigenvalue weighted by molar-refractivity contribution is 0.411. The van der Waals surface area contributed by atoms with Gasteiger partial charge in [-0.05, 0) is 35.6 Å². The zero-order chi connectivity index (χ0) is 23.0. The first-order valence-electron chi connectivity index (χ1n) is 11.1. The van der Waals surface area contributed by atoms with Gasteiger partial charge in [-0.2, -0.15) is 0 Å². The Bertz CT molecular complexity index is 1030. The normalized spacial score (nSPS) is 12.8. The topological polar surface area (TPSA) is 51.6 Å². The molecule has 0 unspecified atom stereocenters. The maximum absolute atomic E-state index is 4.85. The van der Waals surface area contributed by atoms with E-state index in [1.807, 2.05) is 6.20 Å². The minimum Gasteiger partial charge on any atom is -0.256 e. The second-order valence-corrected chi connectivity index (χ2v) is 11.7. The van der Waals surface area contributed by atoms with Crippen LogP contribution in [-0.2, 0) is 17.3 Å². The average molecular weight is 417 g/mol. The van der Waals surface area contributed by atoms with Crippen LogP contribution < -0.4 is 0 Å². The maximum Gasteiger partial charge on any atom is 0.163 e. The van der Waals surface area contributed by atoms with Gasteiger partial charge in [0.1, 0.15) is 11.6 Å². The lowest BCUT2D eigenvalue weighted by atomic mass is 9.88. The molecule has 0 aliphatic carbocycles. The van der Waals surface area contributed by atoms with Crippen molar-refractivity contribution in [3.05, 3.63) is 59.8 Å². The van der Waals surface area contributed by atoms with E-state index in [0.717, 1.165) is 40.7 Å². The van der Waals surface area contributed by atoms with Crippen molar-refractivity contribution in [1.82, 2.24) is 19.9 Å². The second kappa shape index (κ2) is 8.14. The number of rotatable bonds is 3. The molecule has 0 saturated carbocycles.